The van der Waals surface area contributed by atoms with Crippen LogP contribution in [0.4, 0.5) is 17.5 Å². The van der Waals surface area contributed by atoms with Crippen molar-refractivity contribution >= 4 is 17.5 Å². The zero-order valence-electron chi connectivity index (χ0n) is 14.9. The molecule has 1 N–H and O–H groups in total. The number of methoxy groups -OCH3 is 1. The molecular formula is C21H22N4O. The van der Waals surface area contributed by atoms with Crippen molar-refractivity contribution in [1.29, 1.82) is 0 Å². The van der Waals surface area contributed by atoms with Crippen molar-refractivity contribution in [2.45, 2.75) is 12.8 Å². The zero-order valence-corrected chi connectivity index (χ0v) is 14.9. The summed E-state index contributed by atoms with van der Waals surface area (Å²) in [6.45, 7) is 2.10. The van der Waals surface area contributed by atoms with Crippen molar-refractivity contribution in [3.8, 4) is 17.0 Å². The summed E-state index contributed by atoms with van der Waals surface area (Å²) in [4.78, 5) is 11.8. The maximum Gasteiger partial charge on any atom is 0.229 e. The van der Waals surface area contributed by atoms with Gasteiger partial charge in [-0.25, -0.2) is 4.98 Å². The number of ether oxygens (including phenoxy) is 1. The number of nitrogens with one attached hydrogen (secondary N) is 1. The van der Waals surface area contributed by atoms with E-state index in [1.807, 2.05) is 42.5 Å². The minimum absolute atomic E-state index is 0.610. The van der Waals surface area contributed by atoms with Gasteiger partial charge in [0, 0.05) is 30.4 Å². The summed E-state index contributed by atoms with van der Waals surface area (Å²) in [6.07, 6.45) is 2.43. The first-order valence-corrected chi connectivity index (χ1v) is 8.92. The van der Waals surface area contributed by atoms with E-state index in [4.69, 9.17) is 14.7 Å². The first-order valence-electron chi connectivity index (χ1n) is 8.92. The van der Waals surface area contributed by atoms with Gasteiger partial charge < -0.3 is 15.0 Å². The molecule has 0 saturated carbocycles. The molecule has 0 spiro atoms. The topological polar surface area (TPSA) is 50.3 Å². The van der Waals surface area contributed by atoms with Crippen LogP contribution < -0.4 is 15.0 Å². The van der Waals surface area contributed by atoms with Crippen LogP contribution in [0.1, 0.15) is 12.8 Å². The van der Waals surface area contributed by atoms with Crippen molar-refractivity contribution in [2.75, 3.05) is 30.4 Å². The van der Waals surface area contributed by atoms with Crippen LogP contribution in [0.5, 0.6) is 5.75 Å². The highest BCUT2D eigenvalue weighted by atomic mass is 16.5. The van der Waals surface area contributed by atoms with Gasteiger partial charge in [0.2, 0.25) is 5.95 Å². The van der Waals surface area contributed by atoms with Crippen LogP contribution in [0.15, 0.2) is 60.7 Å². The highest BCUT2D eigenvalue weighted by Gasteiger charge is 2.16. The van der Waals surface area contributed by atoms with Crippen molar-refractivity contribution in [1.82, 2.24) is 9.97 Å². The number of benzene rings is 2. The first kappa shape index (κ1) is 16.4. The molecule has 1 aliphatic heterocycles. The van der Waals surface area contributed by atoms with Gasteiger partial charge in [-0.2, -0.15) is 4.98 Å². The van der Waals surface area contributed by atoms with Crippen LogP contribution in [-0.2, 0) is 0 Å². The second-order valence-electron chi connectivity index (χ2n) is 6.35. The molecule has 3 aromatic rings. The Bertz CT molecular complexity index is 859. The average Bonchev–Trinajstić information content (AvgIpc) is 3.24. The molecule has 1 aliphatic rings. The predicted octanol–water partition coefficient (Wildman–Crippen LogP) is 4.50. The van der Waals surface area contributed by atoms with Gasteiger partial charge in [-0.15, -0.1) is 0 Å². The lowest BCUT2D eigenvalue weighted by Crippen LogP contribution is -2.19. The number of hydrogen-bond acceptors (Lipinski definition) is 5. The Morgan fingerprint density at radius 3 is 2.35 bits per heavy atom. The lowest BCUT2D eigenvalue weighted by molar-refractivity contribution is 0.415. The molecule has 0 atom stereocenters. The molecule has 4 rings (SSSR count). The second-order valence-corrected chi connectivity index (χ2v) is 6.35. The molecule has 0 bridgehead atoms. The van der Waals surface area contributed by atoms with Gasteiger partial charge in [0.15, 0.2) is 0 Å². The van der Waals surface area contributed by atoms with Crippen molar-refractivity contribution < 1.29 is 4.74 Å². The summed E-state index contributed by atoms with van der Waals surface area (Å²) in [5.74, 6) is 2.41. The van der Waals surface area contributed by atoms with Crippen LogP contribution in [0, 0.1) is 0 Å². The van der Waals surface area contributed by atoms with Gasteiger partial charge in [-0.3, -0.25) is 0 Å². The maximum atomic E-state index is 5.22. The lowest BCUT2D eigenvalue weighted by Gasteiger charge is -2.18. The predicted molar refractivity (Wildman–Crippen MR) is 105 cm³/mol. The second kappa shape index (κ2) is 7.44. The molecule has 132 valence electrons. The largest absolute Gasteiger partial charge is 0.497 e. The fourth-order valence-corrected chi connectivity index (χ4v) is 3.16. The zero-order chi connectivity index (χ0) is 17.8. The standard InChI is InChI=1S/C21H22N4O/c1-26-18-11-9-17(10-12-18)22-21-23-19(16-7-3-2-4-8-16)15-20(24-21)25-13-5-6-14-25/h2-4,7-12,15H,5-6,13-14H2,1H3,(H,22,23,24). The van der Waals surface area contributed by atoms with Crippen LogP contribution in [0.3, 0.4) is 0 Å². The summed E-state index contributed by atoms with van der Waals surface area (Å²) in [7, 11) is 1.66. The molecule has 5 nitrogen and oxygen atoms in total. The van der Waals surface area contributed by atoms with Gasteiger partial charge in [0.1, 0.15) is 11.6 Å². The van der Waals surface area contributed by atoms with Crippen LogP contribution >= 0.6 is 0 Å². The fraction of sp³-hybridized carbons (Fsp3) is 0.238. The van der Waals surface area contributed by atoms with Crippen LogP contribution in [0.2, 0.25) is 0 Å². The molecule has 1 aromatic heterocycles. The van der Waals surface area contributed by atoms with Crippen molar-refractivity contribution in [3.05, 3.63) is 60.7 Å². The quantitative estimate of drug-likeness (QED) is 0.737. The summed E-state index contributed by atoms with van der Waals surface area (Å²) in [5, 5.41) is 3.32. The molecule has 2 aromatic carbocycles. The van der Waals surface area contributed by atoms with E-state index in [1.54, 1.807) is 7.11 Å². The summed E-state index contributed by atoms with van der Waals surface area (Å²) in [5.41, 5.74) is 2.95. The van der Waals surface area contributed by atoms with E-state index in [0.29, 0.717) is 5.95 Å². The van der Waals surface area contributed by atoms with E-state index < -0.39 is 0 Å². The third-order valence-corrected chi connectivity index (χ3v) is 4.56. The normalized spacial score (nSPS) is 13.7. The molecule has 0 amide bonds. The number of nitrogens with zero attached hydrogens (tertiary/aromatic N) is 3. The fourth-order valence-electron chi connectivity index (χ4n) is 3.16. The van der Waals surface area contributed by atoms with Crippen LogP contribution in [-0.4, -0.2) is 30.2 Å². The highest BCUT2D eigenvalue weighted by molar-refractivity contribution is 5.66. The van der Waals surface area contributed by atoms with Gasteiger partial charge in [0.25, 0.3) is 0 Å². The molecule has 1 fully saturated rings. The van der Waals surface area contributed by atoms with E-state index in [2.05, 4.69) is 28.4 Å². The van der Waals surface area contributed by atoms with Gasteiger partial charge >= 0.3 is 0 Å². The minimum atomic E-state index is 0.610. The lowest BCUT2D eigenvalue weighted by atomic mass is 10.1. The molecule has 1 saturated heterocycles. The SMILES string of the molecule is COc1ccc(Nc2nc(-c3ccccc3)cc(N3CCCC3)n2)cc1. The maximum absolute atomic E-state index is 5.22. The Kier molecular flexibility index (Phi) is 4.69. The van der Waals surface area contributed by atoms with Gasteiger partial charge in [-0.05, 0) is 37.1 Å². The number of rotatable bonds is 5. The number of hydrogen-bond donors (Lipinski definition) is 1. The monoisotopic (exact) mass is 346 g/mol. The third-order valence-electron chi connectivity index (χ3n) is 4.56. The van der Waals surface area contributed by atoms with Crippen molar-refractivity contribution in [3.63, 3.8) is 0 Å². The highest BCUT2D eigenvalue weighted by Crippen LogP contribution is 2.27. The van der Waals surface area contributed by atoms with Crippen molar-refractivity contribution in [2.24, 2.45) is 0 Å². The summed E-state index contributed by atoms with van der Waals surface area (Å²) >= 11 is 0. The molecule has 0 unspecified atom stereocenters. The molecule has 26 heavy (non-hydrogen) atoms. The van der Waals surface area contributed by atoms with E-state index in [9.17, 15) is 0 Å². The first-order chi connectivity index (χ1) is 12.8. The number of anilines is 3. The van der Waals surface area contributed by atoms with E-state index in [0.717, 1.165) is 41.6 Å². The third kappa shape index (κ3) is 3.61. The summed E-state index contributed by atoms with van der Waals surface area (Å²) in [6, 6.07) is 20.1. The Morgan fingerprint density at radius 1 is 0.923 bits per heavy atom. The Morgan fingerprint density at radius 2 is 1.65 bits per heavy atom. The minimum Gasteiger partial charge on any atom is -0.497 e. The molecule has 0 aliphatic carbocycles. The smallest absolute Gasteiger partial charge is 0.229 e. The molecule has 5 heteroatoms. The van der Waals surface area contributed by atoms with E-state index in [-0.39, 0.29) is 0 Å². The molecular weight excluding hydrogens is 324 g/mol. The number of aromatic nitrogens is 2. The Hall–Kier alpha value is -3.08. The van der Waals surface area contributed by atoms with E-state index >= 15 is 0 Å². The van der Waals surface area contributed by atoms with Gasteiger partial charge in [0.05, 0.1) is 12.8 Å². The molecule has 2 heterocycles. The average molecular weight is 346 g/mol. The Labute approximate surface area is 153 Å². The van der Waals surface area contributed by atoms with Gasteiger partial charge in [-0.1, -0.05) is 30.3 Å². The summed E-state index contributed by atoms with van der Waals surface area (Å²) < 4.78 is 5.22. The Balaban J connectivity index is 1.68. The van der Waals surface area contributed by atoms with E-state index in [1.165, 1.54) is 12.8 Å². The molecule has 0 radical (unpaired) electrons. The van der Waals surface area contributed by atoms with Crippen LogP contribution in [0.25, 0.3) is 11.3 Å².